The fourth-order valence-electron chi connectivity index (χ4n) is 2.74. The molecular formula is C19H20F4N2O3S. The monoisotopic (exact) mass is 432 g/mol. The molecule has 0 saturated carbocycles. The van der Waals surface area contributed by atoms with Gasteiger partial charge in [0.2, 0.25) is 10.0 Å². The second kappa shape index (κ2) is 8.91. The van der Waals surface area contributed by atoms with Crippen LogP contribution in [-0.4, -0.2) is 31.7 Å². The van der Waals surface area contributed by atoms with Crippen LogP contribution < -0.4 is 5.32 Å². The first kappa shape index (κ1) is 22.8. The molecule has 10 heteroatoms. The van der Waals surface area contributed by atoms with Gasteiger partial charge in [-0.15, -0.1) is 0 Å². The molecule has 1 N–H and O–H groups in total. The molecule has 0 aromatic heterocycles. The molecule has 0 unspecified atom stereocenters. The number of hydrogen-bond acceptors (Lipinski definition) is 3. The third kappa shape index (κ3) is 5.33. The van der Waals surface area contributed by atoms with Gasteiger partial charge in [0.05, 0.1) is 10.5 Å². The van der Waals surface area contributed by atoms with Crippen molar-refractivity contribution in [2.24, 2.45) is 0 Å². The van der Waals surface area contributed by atoms with Gasteiger partial charge in [0.25, 0.3) is 5.91 Å². The molecule has 29 heavy (non-hydrogen) atoms. The van der Waals surface area contributed by atoms with Crippen LogP contribution in [0.3, 0.4) is 0 Å². The summed E-state index contributed by atoms with van der Waals surface area (Å²) in [7, 11) is -3.68. The lowest BCUT2D eigenvalue weighted by molar-refractivity contribution is -0.138. The fourth-order valence-corrected chi connectivity index (χ4v) is 4.19. The maximum absolute atomic E-state index is 13.1. The molecule has 5 nitrogen and oxygen atoms in total. The number of sulfonamides is 1. The van der Waals surface area contributed by atoms with Gasteiger partial charge in [-0.1, -0.05) is 19.9 Å². The highest BCUT2D eigenvalue weighted by atomic mass is 32.2. The number of carbonyl (C=O) groups is 1. The SMILES string of the molecule is CCN(CC)S(=O)(=O)c1ccc(C(=O)NCc2ccc(F)cc2C(F)(F)F)cc1. The molecule has 0 heterocycles. The van der Waals surface area contributed by atoms with E-state index in [9.17, 15) is 30.8 Å². The summed E-state index contributed by atoms with van der Waals surface area (Å²) < 4.78 is 78.3. The molecule has 0 radical (unpaired) electrons. The summed E-state index contributed by atoms with van der Waals surface area (Å²) >= 11 is 0. The zero-order valence-corrected chi connectivity index (χ0v) is 16.6. The summed E-state index contributed by atoms with van der Waals surface area (Å²) in [5.74, 6) is -1.72. The van der Waals surface area contributed by atoms with Gasteiger partial charge >= 0.3 is 6.18 Å². The van der Waals surface area contributed by atoms with Crippen molar-refractivity contribution in [3.05, 3.63) is 65.0 Å². The average molecular weight is 432 g/mol. The van der Waals surface area contributed by atoms with E-state index >= 15 is 0 Å². The van der Waals surface area contributed by atoms with Crippen molar-refractivity contribution >= 4 is 15.9 Å². The van der Waals surface area contributed by atoms with E-state index in [0.717, 1.165) is 12.1 Å². The van der Waals surface area contributed by atoms with Crippen molar-refractivity contribution in [3.63, 3.8) is 0 Å². The van der Waals surface area contributed by atoms with E-state index in [1.54, 1.807) is 13.8 Å². The van der Waals surface area contributed by atoms with E-state index in [-0.39, 0.29) is 16.0 Å². The Morgan fingerprint density at radius 1 is 1.03 bits per heavy atom. The Labute approximate surface area is 166 Å². The van der Waals surface area contributed by atoms with Crippen molar-refractivity contribution in [3.8, 4) is 0 Å². The number of amides is 1. The first-order chi connectivity index (χ1) is 13.5. The highest BCUT2D eigenvalue weighted by Gasteiger charge is 2.33. The molecule has 2 rings (SSSR count). The Bertz CT molecular complexity index is 970. The Balaban J connectivity index is 2.16. The van der Waals surface area contributed by atoms with Crippen LogP contribution >= 0.6 is 0 Å². The minimum atomic E-state index is -4.76. The molecule has 0 aliphatic rings. The number of benzene rings is 2. The van der Waals surface area contributed by atoms with Crippen LogP contribution in [0.4, 0.5) is 17.6 Å². The van der Waals surface area contributed by atoms with Gasteiger partial charge in [0.1, 0.15) is 5.82 Å². The molecular weight excluding hydrogens is 412 g/mol. The largest absolute Gasteiger partial charge is 0.416 e. The van der Waals surface area contributed by atoms with E-state index < -0.39 is 40.0 Å². The van der Waals surface area contributed by atoms with Gasteiger partial charge in [-0.2, -0.15) is 17.5 Å². The van der Waals surface area contributed by atoms with E-state index in [4.69, 9.17) is 0 Å². The minimum Gasteiger partial charge on any atom is -0.348 e. The van der Waals surface area contributed by atoms with Crippen molar-refractivity contribution < 1.29 is 30.8 Å². The van der Waals surface area contributed by atoms with Crippen LogP contribution in [0.1, 0.15) is 35.3 Å². The molecule has 1 amide bonds. The first-order valence-electron chi connectivity index (χ1n) is 8.74. The third-order valence-electron chi connectivity index (χ3n) is 4.28. The van der Waals surface area contributed by atoms with Crippen molar-refractivity contribution in [1.82, 2.24) is 9.62 Å². The summed E-state index contributed by atoms with van der Waals surface area (Å²) in [5, 5.41) is 2.33. The van der Waals surface area contributed by atoms with Gasteiger partial charge in [-0.25, -0.2) is 12.8 Å². The van der Waals surface area contributed by atoms with Crippen molar-refractivity contribution in [2.45, 2.75) is 31.5 Å². The number of carbonyl (C=O) groups excluding carboxylic acids is 1. The van der Waals surface area contributed by atoms with Gasteiger partial charge < -0.3 is 5.32 Å². The number of hydrogen-bond donors (Lipinski definition) is 1. The molecule has 0 bridgehead atoms. The summed E-state index contributed by atoms with van der Waals surface area (Å²) in [4.78, 5) is 12.2. The molecule has 2 aromatic carbocycles. The maximum atomic E-state index is 13.1. The Morgan fingerprint density at radius 2 is 1.62 bits per heavy atom. The van der Waals surface area contributed by atoms with Crippen LogP contribution in [0.15, 0.2) is 47.4 Å². The highest BCUT2D eigenvalue weighted by molar-refractivity contribution is 7.89. The molecule has 0 aliphatic carbocycles. The zero-order chi connectivity index (χ0) is 21.8. The maximum Gasteiger partial charge on any atom is 0.416 e. The lowest BCUT2D eigenvalue weighted by atomic mass is 10.1. The van der Waals surface area contributed by atoms with Gasteiger partial charge in [0.15, 0.2) is 0 Å². The van der Waals surface area contributed by atoms with E-state index in [2.05, 4.69) is 5.32 Å². The van der Waals surface area contributed by atoms with Crippen molar-refractivity contribution in [1.29, 1.82) is 0 Å². The predicted molar refractivity (Wildman–Crippen MR) is 99.1 cm³/mol. The van der Waals surface area contributed by atoms with Crippen molar-refractivity contribution in [2.75, 3.05) is 13.1 Å². The zero-order valence-electron chi connectivity index (χ0n) is 15.8. The first-order valence-corrected chi connectivity index (χ1v) is 10.2. The van der Waals surface area contributed by atoms with Gasteiger partial charge in [-0.05, 0) is 42.0 Å². The van der Waals surface area contributed by atoms with E-state index in [1.165, 1.54) is 28.6 Å². The molecule has 0 spiro atoms. The van der Waals surface area contributed by atoms with Crippen LogP contribution in [0.25, 0.3) is 0 Å². The smallest absolute Gasteiger partial charge is 0.348 e. The normalized spacial score (nSPS) is 12.2. The molecule has 2 aromatic rings. The van der Waals surface area contributed by atoms with Crippen LogP contribution in [-0.2, 0) is 22.7 Å². The lowest BCUT2D eigenvalue weighted by Gasteiger charge is -2.18. The van der Waals surface area contributed by atoms with E-state index in [0.29, 0.717) is 19.2 Å². The molecule has 0 aliphatic heterocycles. The Morgan fingerprint density at radius 3 is 2.14 bits per heavy atom. The van der Waals surface area contributed by atoms with Crippen LogP contribution in [0.5, 0.6) is 0 Å². The molecule has 158 valence electrons. The van der Waals surface area contributed by atoms with Crippen LogP contribution in [0, 0.1) is 5.82 Å². The van der Waals surface area contributed by atoms with E-state index in [1.807, 2.05) is 0 Å². The summed E-state index contributed by atoms with van der Waals surface area (Å²) in [6.07, 6.45) is -4.76. The van der Waals surface area contributed by atoms with Gasteiger partial charge in [-0.3, -0.25) is 4.79 Å². The fraction of sp³-hybridized carbons (Fsp3) is 0.316. The third-order valence-corrected chi connectivity index (χ3v) is 6.34. The number of nitrogens with one attached hydrogen (secondary N) is 1. The average Bonchev–Trinajstić information content (AvgIpc) is 2.67. The number of alkyl halides is 3. The van der Waals surface area contributed by atoms with Crippen LogP contribution in [0.2, 0.25) is 0 Å². The summed E-state index contributed by atoms with van der Waals surface area (Å²) in [6, 6.07) is 7.29. The lowest BCUT2D eigenvalue weighted by Crippen LogP contribution is -2.30. The predicted octanol–water partition coefficient (Wildman–Crippen LogP) is 3.81. The second-order valence-corrected chi connectivity index (χ2v) is 8.03. The standard InChI is InChI=1S/C19H20F4N2O3S/c1-3-25(4-2)29(27,28)16-9-6-13(7-10-16)18(26)24-12-14-5-8-15(20)11-17(14)19(21,22)23/h5-11H,3-4,12H2,1-2H3,(H,24,26). The summed E-state index contributed by atoms with van der Waals surface area (Å²) in [6.45, 7) is 3.52. The Hall–Kier alpha value is -2.46. The topological polar surface area (TPSA) is 66.5 Å². The summed E-state index contributed by atoms with van der Waals surface area (Å²) in [5.41, 5.74) is -1.37. The number of rotatable bonds is 7. The quantitative estimate of drug-likeness (QED) is 0.677. The molecule has 0 fully saturated rings. The highest BCUT2D eigenvalue weighted by Crippen LogP contribution is 2.32. The molecule has 0 saturated heterocycles. The number of halogens is 4. The minimum absolute atomic E-state index is 0.00985. The molecule has 0 atom stereocenters. The number of nitrogens with zero attached hydrogens (tertiary/aromatic N) is 1. The Kier molecular flexibility index (Phi) is 7.02. The second-order valence-electron chi connectivity index (χ2n) is 6.10. The van der Waals surface area contributed by atoms with Gasteiger partial charge in [0, 0.05) is 25.2 Å².